The second-order valence-electron chi connectivity index (χ2n) is 3.88. The molecule has 0 aliphatic carbocycles. The predicted octanol–water partition coefficient (Wildman–Crippen LogP) is 1.32. The minimum absolute atomic E-state index is 0.00750. The SMILES string of the molecule is CCNC(C)C(F)C1CCNCC1. The van der Waals surface area contributed by atoms with Crippen molar-refractivity contribution in [3.8, 4) is 0 Å². The summed E-state index contributed by atoms with van der Waals surface area (Å²) in [7, 11) is 0. The molecule has 0 aromatic carbocycles. The molecule has 0 aromatic rings. The molecule has 13 heavy (non-hydrogen) atoms. The largest absolute Gasteiger partial charge is 0.317 e. The Kier molecular flexibility index (Phi) is 4.67. The third-order valence-electron chi connectivity index (χ3n) is 2.84. The van der Waals surface area contributed by atoms with Gasteiger partial charge < -0.3 is 10.6 Å². The van der Waals surface area contributed by atoms with Crippen molar-refractivity contribution in [2.45, 2.75) is 38.9 Å². The molecule has 1 rings (SSSR count). The molecule has 0 aromatic heterocycles. The van der Waals surface area contributed by atoms with Crippen LogP contribution in [-0.4, -0.2) is 31.8 Å². The van der Waals surface area contributed by atoms with E-state index in [4.69, 9.17) is 0 Å². The molecule has 78 valence electrons. The fraction of sp³-hybridized carbons (Fsp3) is 1.00. The number of halogens is 1. The normalized spacial score (nSPS) is 24.2. The lowest BCUT2D eigenvalue weighted by atomic mass is 9.90. The summed E-state index contributed by atoms with van der Waals surface area (Å²) in [6.07, 6.45) is 1.29. The summed E-state index contributed by atoms with van der Waals surface area (Å²) in [5.74, 6) is 0.260. The van der Waals surface area contributed by atoms with E-state index in [-0.39, 0.29) is 12.0 Å². The van der Waals surface area contributed by atoms with Crippen molar-refractivity contribution in [2.24, 2.45) is 5.92 Å². The smallest absolute Gasteiger partial charge is 0.118 e. The van der Waals surface area contributed by atoms with Crippen LogP contribution in [-0.2, 0) is 0 Å². The standard InChI is InChI=1S/C10H21FN2/c1-3-13-8(2)10(11)9-4-6-12-7-5-9/h8-10,12-13H,3-7H2,1-2H3. The second kappa shape index (κ2) is 5.55. The highest BCUT2D eigenvalue weighted by molar-refractivity contribution is 4.81. The third-order valence-corrected chi connectivity index (χ3v) is 2.84. The first kappa shape index (κ1) is 10.9. The monoisotopic (exact) mass is 188 g/mol. The van der Waals surface area contributed by atoms with Crippen LogP contribution in [0.1, 0.15) is 26.7 Å². The number of hydrogen-bond acceptors (Lipinski definition) is 2. The topological polar surface area (TPSA) is 24.1 Å². The quantitative estimate of drug-likeness (QED) is 0.695. The zero-order valence-corrected chi connectivity index (χ0v) is 8.65. The minimum Gasteiger partial charge on any atom is -0.317 e. The molecule has 1 fully saturated rings. The average Bonchev–Trinajstić information content (AvgIpc) is 2.18. The Morgan fingerprint density at radius 1 is 1.46 bits per heavy atom. The second-order valence-corrected chi connectivity index (χ2v) is 3.88. The number of alkyl halides is 1. The fourth-order valence-corrected chi connectivity index (χ4v) is 2.01. The van der Waals surface area contributed by atoms with Crippen molar-refractivity contribution >= 4 is 0 Å². The van der Waals surface area contributed by atoms with E-state index in [1.54, 1.807) is 0 Å². The molecule has 2 atom stereocenters. The Bertz CT molecular complexity index is 135. The maximum atomic E-state index is 13.8. The van der Waals surface area contributed by atoms with Crippen molar-refractivity contribution in [2.75, 3.05) is 19.6 Å². The minimum atomic E-state index is -0.679. The summed E-state index contributed by atoms with van der Waals surface area (Å²) in [6.45, 7) is 6.77. The van der Waals surface area contributed by atoms with E-state index in [9.17, 15) is 4.39 Å². The molecule has 1 saturated heterocycles. The highest BCUT2D eigenvalue weighted by Crippen LogP contribution is 2.21. The highest BCUT2D eigenvalue weighted by Gasteiger charge is 2.27. The molecule has 3 heteroatoms. The van der Waals surface area contributed by atoms with E-state index >= 15 is 0 Å². The summed E-state index contributed by atoms with van der Waals surface area (Å²) in [5, 5.41) is 6.40. The van der Waals surface area contributed by atoms with Gasteiger partial charge in [-0.3, -0.25) is 0 Å². The van der Waals surface area contributed by atoms with Crippen LogP contribution in [0.2, 0.25) is 0 Å². The molecule has 0 saturated carbocycles. The Balaban J connectivity index is 2.31. The van der Waals surface area contributed by atoms with Gasteiger partial charge in [-0.05, 0) is 45.3 Å². The van der Waals surface area contributed by atoms with Crippen LogP contribution in [0, 0.1) is 5.92 Å². The summed E-state index contributed by atoms with van der Waals surface area (Å²) in [5.41, 5.74) is 0. The van der Waals surface area contributed by atoms with Gasteiger partial charge in [0.05, 0.1) is 0 Å². The van der Waals surface area contributed by atoms with Crippen LogP contribution >= 0.6 is 0 Å². The van der Waals surface area contributed by atoms with Gasteiger partial charge in [-0.15, -0.1) is 0 Å². The van der Waals surface area contributed by atoms with Crippen molar-refractivity contribution < 1.29 is 4.39 Å². The van der Waals surface area contributed by atoms with Crippen LogP contribution in [0.5, 0.6) is 0 Å². The van der Waals surface area contributed by atoms with Crippen LogP contribution in [0.25, 0.3) is 0 Å². The number of piperidine rings is 1. The first-order chi connectivity index (χ1) is 6.25. The molecule has 2 N–H and O–H groups in total. The van der Waals surface area contributed by atoms with E-state index < -0.39 is 6.17 Å². The molecule has 1 aliphatic heterocycles. The predicted molar refractivity (Wildman–Crippen MR) is 53.6 cm³/mol. The lowest BCUT2D eigenvalue weighted by Gasteiger charge is -2.29. The Morgan fingerprint density at radius 3 is 2.62 bits per heavy atom. The molecular weight excluding hydrogens is 167 g/mol. The first-order valence-electron chi connectivity index (χ1n) is 5.34. The van der Waals surface area contributed by atoms with Crippen LogP contribution < -0.4 is 10.6 Å². The van der Waals surface area contributed by atoms with E-state index in [0.29, 0.717) is 0 Å². The number of rotatable bonds is 4. The van der Waals surface area contributed by atoms with Crippen molar-refractivity contribution in [3.05, 3.63) is 0 Å². The summed E-state index contributed by atoms with van der Waals surface area (Å²) < 4.78 is 13.8. The van der Waals surface area contributed by atoms with Gasteiger partial charge in [-0.2, -0.15) is 0 Å². The molecule has 1 aliphatic rings. The van der Waals surface area contributed by atoms with Gasteiger partial charge in [0.15, 0.2) is 0 Å². The van der Waals surface area contributed by atoms with Gasteiger partial charge in [0.1, 0.15) is 6.17 Å². The lowest BCUT2D eigenvalue weighted by molar-refractivity contribution is 0.149. The van der Waals surface area contributed by atoms with Gasteiger partial charge in [-0.25, -0.2) is 4.39 Å². The Morgan fingerprint density at radius 2 is 2.08 bits per heavy atom. The molecule has 1 heterocycles. The molecule has 2 nitrogen and oxygen atoms in total. The van der Waals surface area contributed by atoms with Gasteiger partial charge in [0.25, 0.3) is 0 Å². The summed E-state index contributed by atoms with van der Waals surface area (Å²) in [6, 6.07) is 0.00750. The highest BCUT2D eigenvalue weighted by atomic mass is 19.1. The molecule has 0 bridgehead atoms. The maximum absolute atomic E-state index is 13.8. The van der Waals surface area contributed by atoms with Gasteiger partial charge >= 0.3 is 0 Å². The van der Waals surface area contributed by atoms with Crippen molar-refractivity contribution in [3.63, 3.8) is 0 Å². The molecule has 0 amide bonds. The van der Waals surface area contributed by atoms with Gasteiger partial charge in [-0.1, -0.05) is 6.92 Å². The summed E-state index contributed by atoms with van der Waals surface area (Å²) >= 11 is 0. The summed E-state index contributed by atoms with van der Waals surface area (Å²) in [4.78, 5) is 0. The molecule has 2 unspecified atom stereocenters. The molecule has 0 radical (unpaired) electrons. The fourth-order valence-electron chi connectivity index (χ4n) is 2.01. The number of nitrogens with one attached hydrogen (secondary N) is 2. The van der Waals surface area contributed by atoms with Crippen LogP contribution in [0.15, 0.2) is 0 Å². The van der Waals surface area contributed by atoms with E-state index in [0.717, 1.165) is 32.5 Å². The Hall–Kier alpha value is -0.150. The van der Waals surface area contributed by atoms with Crippen LogP contribution in [0.4, 0.5) is 4.39 Å². The van der Waals surface area contributed by atoms with Gasteiger partial charge in [0.2, 0.25) is 0 Å². The first-order valence-corrected chi connectivity index (χ1v) is 5.34. The lowest BCUT2D eigenvalue weighted by Crippen LogP contribution is -2.42. The number of hydrogen-bond donors (Lipinski definition) is 2. The maximum Gasteiger partial charge on any atom is 0.118 e. The van der Waals surface area contributed by atoms with Crippen molar-refractivity contribution in [1.82, 2.24) is 10.6 Å². The average molecular weight is 188 g/mol. The third kappa shape index (κ3) is 3.24. The van der Waals surface area contributed by atoms with E-state index in [1.165, 1.54) is 0 Å². The molecule has 0 spiro atoms. The van der Waals surface area contributed by atoms with Gasteiger partial charge in [0, 0.05) is 6.04 Å². The zero-order valence-electron chi connectivity index (χ0n) is 8.65. The Labute approximate surface area is 80.3 Å². The van der Waals surface area contributed by atoms with E-state index in [2.05, 4.69) is 10.6 Å². The zero-order chi connectivity index (χ0) is 9.68. The molecular formula is C10H21FN2. The van der Waals surface area contributed by atoms with E-state index in [1.807, 2.05) is 13.8 Å². The van der Waals surface area contributed by atoms with Crippen LogP contribution in [0.3, 0.4) is 0 Å². The van der Waals surface area contributed by atoms with Crippen molar-refractivity contribution in [1.29, 1.82) is 0 Å².